The summed E-state index contributed by atoms with van der Waals surface area (Å²) in [5, 5.41) is 15.5. The minimum absolute atomic E-state index is 0.410. The van der Waals surface area contributed by atoms with Crippen LogP contribution in [0, 0.1) is 0 Å². The normalized spacial score (nSPS) is 11.4. The van der Waals surface area contributed by atoms with Crippen LogP contribution in [0.5, 0.6) is 0 Å². The summed E-state index contributed by atoms with van der Waals surface area (Å²) in [6.07, 6.45) is 0. The minimum Gasteiger partial charge on any atom is -0.379 e. The van der Waals surface area contributed by atoms with E-state index in [0.717, 1.165) is 21.7 Å². The average Bonchev–Trinajstić information content (AvgIpc) is 2.63. The van der Waals surface area contributed by atoms with Crippen molar-refractivity contribution in [3.63, 3.8) is 0 Å². The van der Waals surface area contributed by atoms with Crippen LogP contribution >= 0.6 is 11.6 Å². The molecular formula is C21H20ClNO. The first-order valence-electron chi connectivity index (χ1n) is 7.97. The fraction of sp³-hybridized carbons (Fsp3) is 0.143. The highest BCUT2D eigenvalue weighted by Gasteiger charge is 2.30. The van der Waals surface area contributed by atoms with Crippen molar-refractivity contribution in [2.75, 3.05) is 6.54 Å². The van der Waals surface area contributed by atoms with Crippen LogP contribution in [0.3, 0.4) is 0 Å². The lowest BCUT2D eigenvalue weighted by Gasteiger charge is -2.30. The van der Waals surface area contributed by atoms with E-state index in [1.54, 1.807) is 0 Å². The SMILES string of the molecule is OC(CNCc1cccc(Cl)c1)(c1ccccc1)c1ccccc1. The van der Waals surface area contributed by atoms with Crippen molar-refractivity contribution < 1.29 is 5.11 Å². The molecule has 0 aromatic heterocycles. The molecule has 0 heterocycles. The van der Waals surface area contributed by atoms with Gasteiger partial charge in [0.1, 0.15) is 5.60 Å². The van der Waals surface area contributed by atoms with Crippen LogP contribution < -0.4 is 5.32 Å². The third kappa shape index (κ3) is 3.85. The van der Waals surface area contributed by atoms with E-state index in [4.69, 9.17) is 11.6 Å². The van der Waals surface area contributed by atoms with Crippen LogP contribution in [0.4, 0.5) is 0 Å². The molecular weight excluding hydrogens is 318 g/mol. The van der Waals surface area contributed by atoms with Gasteiger partial charge in [-0.25, -0.2) is 0 Å². The Morgan fingerprint density at radius 1 is 0.792 bits per heavy atom. The summed E-state index contributed by atoms with van der Waals surface area (Å²) in [4.78, 5) is 0. The molecule has 0 radical (unpaired) electrons. The van der Waals surface area contributed by atoms with E-state index < -0.39 is 5.60 Å². The summed E-state index contributed by atoms with van der Waals surface area (Å²) < 4.78 is 0. The second kappa shape index (κ2) is 7.63. The van der Waals surface area contributed by atoms with Gasteiger partial charge in [-0.05, 0) is 28.8 Å². The summed E-state index contributed by atoms with van der Waals surface area (Å²) in [7, 11) is 0. The molecule has 2 nitrogen and oxygen atoms in total. The van der Waals surface area contributed by atoms with Crippen molar-refractivity contribution in [1.29, 1.82) is 0 Å². The van der Waals surface area contributed by atoms with E-state index in [0.29, 0.717) is 13.1 Å². The molecule has 122 valence electrons. The van der Waals surface area contributed by atoms with Crippen molar-refractivity contribution in [3.8, 4) is 0 Å². The summed E-state index contributed by atoms with van der Waals surface area (Å²) >= 11 is 6.03. The van der Waals surface area contributed by atoms with Gasteiger partial charge in [-0.1, -0.05) is 84.4 Å². The Hall–Kier alpha value is -2.13. The molecule has 2 N–H and O–H groups in total. The van der Waals surface area contributed by atoms with Gasteiger partial charge in [0, 0.05) is 18.1 Å². The Balaban J connectivity index is 1.81. The van der Waals surface area contributed by atoms with E-state index in [-0.39, 0.29) is 0 Å². The Morgan fingerprint density at radius 3 is 1.92 bits per heavy atom. The lowest BCUT2D eigenvalue weighted by molar-refractivity contribution is 0.0796. The van der Waals surface area contributed by atoms with Gasteiger partial charge in [-0.3, -0.25) is 0 Å². The topological polar surface area (TPSA) is 32.3 Å². The predicted molar refractivity (Wildman–Crippen MR) is 99.0 cm³/mol. The van der Waals surface area contributed by atoms with E-state index in [9.17, 15) is 5.11 Å². The number of benzene rings is 3. The molecule has 0 saturated carbocycles. The van der Waals surface area contributed by atoms with Crippen molar-refractivity contribution in [2.45, 2.75) is 12.1 Å². The lowest BCUT2D eigenvalue weighted by atomic mass is 9.86. The predicted octanol–water partition coefficient (Wildman–Crippen LogP) is 4.37. The molecule has 24 heavy (non-hydrogen) atoms. The number of hydrogen-bond acceptors (Lipinski definition) is 2. The van der Waals surface area contributed by atoms with Crippen molar-refractivity contribution in [3.05, 3.63) is 107 Å². The first-order valence-corrected chi connectivity index (χ1v) is 8.35. The van der Waals surface area contributed by atoms with Crippen LogP contribution in [-0.4, -0.2) is 11.7 Å². The standard InChI is InChI=1S/C21H20ClNO/c22-20-13-7-8-17(14-20)15-23-16-21(24,18-9-3-1-4-10-18)19-11-5-2-6-12-19/h1-14,23-24H,15-16H2. The molecule has 0 aliphatic heterocycles. The fourth-order valence-corrected chi connectivity index (χ4v) is 3.05. The monoisotopic (exact) mass is 337 g/mol. The Kier molecular flexibility index (Phi) is 5.31. The smallest absolute Gasteiger partial charge is 0.127 e. The second-order valence-electron chi connectivity index (χ2n) is 5.83. The third-order valence-electron chi connectivity index (χ3n) is 4.10. The maximum absolute atomic E-state index is 11.4. The zero-order valence-corrected chi connectivity index (χ0v) is 14.1. The molecule has 0 spiro atoms. The molecule has 0 unspecified atom stereocenters. The Bertz CT molecular complexity index is 735. The number of nitrogens with one attached hydrogen (secondary N) is 1. The number of aliphatic hydroxyl groups is 1. The van der Waals surface area contributed by atoms with Gasteiger partial charge in [0.2, 0.25) is 0 Å². The van der Waals surface area contributed by atoms with Crippen molar-refractivity contribution in [2.24, 2.45) is 0 Å². The van der Waals surface area contributed by atoms with Crippen LogP contribution in [0.15, 0.2) is 84.9 Å². The van der Waals surface area contributed by atoms with Crippen molar-refractivity contribution in [1.82, 2.24) is 5.32 Å². The van der Waals surface area contributed by atoms with Crippen LogP contribution in [0.2, 0.25) is 5.02 Å². The van der Waals surface area contributed by atoms with Gasteiger partial charge < -0.3 is 10.4 Å². The van der Waals surface area contributed by atoms with Crippen molar-refractivity contribution >= 4 is 11.6 Å². The van der Waals surface area contributed by atoms with Crippen LogP contribution in [-0.2, 0) is 12.1 Å². The molecule has 0 amide bonds. The van der Waals surface area contributed by atoms with Crippen LogP contribution in [0.25, 0.3) is 0 Å². The van der Waals surface area contributed by atoms with Gasteiger partial charge >= 0.3 is 0 Å². The van der Waals surface area contributed by atoms with Gasteiger partial charge in [0.25, 0.3) is 0 Å². The fourth-order valence-electron chi connectivity index (χ4n) is 2.83. The number of rotatable bonds is 6. The van der Waals surface area contributed by atoms with Gasteiger partial charge in [-0.15, -0.1) is 0 Å². The molecule has 3 aromatic carbocycles. The quantitative estimate of drug-likeness (QED) is 0.700. The Labute approximate surface area is 147 Å². The van der Waals surface area contributed by atoms with Gasteiger partial charge in [0.05, 0.1) is 0 Å². The van der Waals surface area contributed by atoms with E-state index in [1.165, 1.54) is 0 Å². The molecule has 0 aliphatic carbocycles. The first kappa shape index (κ1) is 16.7. The number of halogens is 1. The maximum atomic E-state index is 11.4. The lowest BCUT2D eigenvalue weighted by Crippen LogP contribution is -2.39. The summed E-state index contributed by atoms with van der Waals surface area (Å²) in [6, 6.07) is 27.2. The minimum atomic E-state index is -1.08. The second-order valence-corrected chi connectivity index (χ2v) is 6.26. The highest BCUT2D eigenvalue weighted by Crippen LogP contribution is 2.29. The maximum Gasteiger partial charge on any atom is 0.127 e. The highest BCUT2D eigenvalue weighted by molar-refractivity contribution is 6.30. The van der Waals surface area contributed by atoms with Crippen LogP contribution in [0.1, 0.15) is 16.7 Å². The van der Waals surface area contributed by atoms with E-state index in [1.807, 2.05) is 84.9 Å². The molecule has 3 aromatic rings. The average molecular weight is 338 g/mol. The molecule has 0 bridgehead atoms. The zero-order valence-electron chi connectivity index (χ0n) is 13.3. The molecule has 0 aliphatic rings. The van der Waals surface area contributed by atoms with Gasteiger partial charge in [0.15, 0.2) is 0 Å². The zero-order chi connectivity index (χ0) is 16.8. The molecule has 3 rings (SSSR count). The molecule has 0 fully saturated rings. The first-order chi connectivity index (χ1) is 11.7. The van der Waals surface area contributed by atoms with E-state index in [2.05, 4.69) is 5.32 Å². The summed E-state index contributed by atoms with van der Waals surface area (Å²) in [5.74, 6) is 0. The molecule has 0 atom stereocenters. The Morgan fingerprint density at radius 2 is 1.38 bits per heavy atom. The van der Waals surface area contributed by atoms with E-state index >= 15 is 0 Å². The summed E-state index contributed by atoms with van der Waals surface area (Å²) in [6.45, 7) is 1.05. The third-order valence-corrected chi connectivity index (χ3v) is 4.34. The van der Waals surface area contributed by atoms with Gasteiger partial charge in [-0.2, -0.15) is 0 Å². The number of hydrogen-bond donors (Lipinski definition) is 2. The largest absolute Gasteiger partial charge is 0.379 e. The molecule has 3 heteroatoms. The highest BCUT2D eigenvalue weighted by atomic mass is 35.5. The molecule has 0 saturated heterocycles. The summed E-state index contributed by atoms with van der Waals surface area (Å²) in [5.41, 5.74) is 1.75.